The van der Waals surface area contributed by atoms with Gasteiger partial charge >= 0.3 is 12.0 Å². The maximum Gasteiger partial charge on any atom is 0.324 e. The Labute approximate surface area is 164 Å². The van der Waals surface area contributed by atoms with E-state index < -0.39 is 34.0 Å². The summed E-state index contributed by atoms with van der Waals surface area (Å²) in [5, 5.41) is 2.49. The lowest BCUT2D eigenvalue weighted by Gasteiger charge is -2.18. The predicted octanol–water partition coefficient (Wildman–Crippen LogP) is 0.764. The molecule has 2 rings (SSSR count). The molecule has 0 unspecified atom stereocenters. The monoisotopic (exact) mass is 411 g/mol. The number of urea groups is 1. The summed E-state index contributed by atoms with van der Waals surface area (Å²) < 4.78 is 32.5. The quantitative estimate of drug-likeness (QED) is 0.639. The molecule has 1 heterocycles. The van der Waals surface area contributed by atoms with Gasteiger partial charge in [0.1, 0.15) is 0 Å². The maximum atomic E-state index is 12.5. The van der Waals surface area contributed by atoms with Gasteiger partial charge in [0.15, 0.2) is 6.10 Å². The third-order valence-electron chi connectivity index (χ3n) is 4.27. The van der Waals surface area contributed by atoms with Crippen LogP contribution >= 0.6 is 0 Å². The molecule has 28 heavy (non-hydrogen) atoms. The standard InChI is InChI=1S/C18H25N3O6S/c1-11-9-12(2)16(13(3)10-11)28(25,26)20-6-5-15(22)27-14(4)17(23)21-8-7-19-18(21)24/h9-10,14,20H,5-8H2,1-4H3,(H,19,24)/t14-/m0/s1. The highest BCUT2D eigenvalue weighted by atomic mass is 32.2. The molecule has 0 aromatic heterocycles. The van der Waals surface area contributed by atoms with Crippen LogP contribution in [0.4, 0.5) is 4.79 Å². The first-order valence-corrected chi connectivity index (χ1v) is 10.4. The number of rotatable bonds is 7. The van der Waals surface area contributed by atoms with Crippen molar-refractivity contribution in [3.05, 3.63) is 28.8 Å². The van der Waals surface area contributed by atoms with Crippen LogP contribution in [0.1, 0.15) is 30.0 Å². The van der Waals surface area contributed by atoms with Crippen molar-refractivity contribution < 1.29 is 27.5 Å². The van der Waals surface area contributed by atoms with E-state index >= 15 is 0 Å². The molecule has 1 fully saturated rings. The van der Waals surface area contributed by atoms with Gasteiger partial charge in [-0.25, -0.2) is 17.9 Å². The lowest BCUT2D eigenvalue weighted by Crippen LogP contribution is -2.42. The highest BCUT2D eigenvalue weighted by Gasteiger charge is 2.31. The van der Waals surface area contributed by atoms with Crippen LogP contribution in [0, 0.1) is 20.8 Å². The largest absolute Gasteiger partial charge is 0.452 e. The minimum Gasteiger partial charge on any atom is -0.452 e. The fourth-order valence-electron chi connectivity index (χ4n) is 3.16. The van der Waals surface area contributed by atoms with Crippen LogP contribution in [-0.2, 0) is 24.3 Å². The predicted molar refractivity (Wildman–Crippen MR) is 101 cm³/mol. The number of ether oxygens (including phenoxy) is 1. The summed E-state index contributed by atoms with van der Waals surface area (Å²) in [6.45, 7) is 7.08. The second kappa shape index (κ2) is 8.70. The molecule has 2 N–H and O–H groups in total. The Morgan fingerprint density at radius 1 is 1.25 bits per heavy atom. The van der Waals surface area contributed by atoms with Gasteiger partial charge in [0.25, 0.3) is 5.91 Å². The summed E-state index contributed by atoms with van der Waals surface area (Å²) in [4.78, 5) is 36.7. The molecule has 0 radical (unpaired) electrons. The number of aryl methyl sites for hydroxylation is 3. The molecule has 3 amide bonds. The normalized spacial score (nSPS) is 15.3. The molecule has 1 saturated heterocycles. The number of esters is 1. The van der Waals surface area contributed by atoms with Gasteiger partial charge < -0.3 is 10.1 Å². The van der Waals surface area contributed by atoms with Gasteiger partial charge in [-0.2, -0.15) is 0 Å². The molecule has 1 atom stereocenters. The molecular weight excluding hydrogens is 386 g/mol. The highest BCUT2D eigenvalue weighted by molar-refractivity contribution is 7.89. The second-order valence-corrected chi connectivity index (χ2v) is 8.43. The Hall–Kier alpha value is -2.46. The fourth-order valence-corrected chi connectivity index (χ4v) is 4.64. The number of nitrogens with zero attached hydrogens (tertiary/aromatic N) is 1. The second-order valence-electron chi connectivity index (χ2n) is 6.73. The van der Waals surface area contributed by atoms with Gasteiger partial charge in [-0.1, -0.05) is 17.7 Å². The molecule has 1 aliphatic rings. The van der Waals surface area contributed by atoms with E-state index in [1.165, 1.54) is 6.92 Å². The fraction of sp³-hybridized carbons (Fsp3) is 0.500. The number of hydrogen-bond acceptors (Lipinski definition) is 6. The number of carbonyl (C=O) groups excluding carboxylic acids is 3. The minimum atomic E-state index is -3.79. The van der Waals surface area contributed by atoms with Gasteiger partial charge in [-0.3, -0.25) is 14.5 Å². The molecule has 0 saturated carbocycles. The van der Waals surface area contributed by atoms with Crippen molar-refractivity contribution in [1.29, 1.82) is 0 Å². The molecular formula is C18H25N3O6S. The van der Waals surface area contributed by atoms with Crippen LogP contribution in [-0.4, -0.2) is 57.0 Å². The van der Waals surface area contributed by atoms with E-state index in [0.717, 1.165) is 10.5 Å². The molecule has 0 spiro atoms. The molecule has 0 aliphatic carbocycles. The Morgan fingerprint density at radius 3 is 2.39 bits per heavy atom. The molecule has 1 aliphatic heterocycles. The summed E-state index contributed by atoms with van der Waals surface area (Å²) in [5.74, 6) is -1.35. The summed E-state index contributed by atoms with van der Waals surface area (Å²) >= 11 is 0. The van der Waals surface area contributed by atoms with E-state index in [1.54, 1.807) is 26.0 Å². The van der Waals surface area contributed by atoms with E-state index in [0.29, 0.717) is 17.7 Å². The molecule has 10 heteroatoms. The maximum absolute atomic E-state index is 12.5. The van der Waals surface area contributed by atoms with Crippen molar-refractivity contribution >= 4 is 27.9 Å². The molecule has 0 bridgehead atoms. The molecule has 154 valence electrons. The summed E-state index contributed by atoms with van der Waals surface area (Å²) in [6.07, 6.45) is -1.37. The Bertz CT molecular complexity index is 874. The van der Waals surface area contributed by atoms with Crippen molar-refractivity contribution in [2.45, 2.75) is 45.1 Å². The van der Waals surface area contributed by atoms with Gasteiger partial charge in [0.05, 0.1) is 11.3 Å². The number of benzene rings is 1. The zero-order valence-corrected chi connectivity index (χ0v) is 17.2. The SMILES string of the molecule is Cc1cc(C)c(S(=O)(=O)NCCC(=O)O[C@@H](C)C(=O)N2CCNC2=O)c(C)c1. The average Bonchev–Trinajstić information content (AvgIpc) is 2.98. The van der Waals surface area contributed by atoms with Crippen LogP contribution in [0.25, 0.3) is 0 Å². The smallest absolute Gasteiger partial charge is 0.324 e. The number of amides is 3. The first-order chi connectivity index (χ1) is 13.0. The number of imide groups is 1. The highest BCUT2D eigenvalue weighted by Crippen LogP contribution is 2.21. The Morgan fingerprint density at radius 2 is 1.86 bits per heavy atom. The van der Waals surface area contributed by atoms with Crippen LogP contribution in [0.5, 0.6) is 0 Å². The van der Waals surface area contributed by atoms with E-state index in [4.69, 9.17) is 4.74 Å². The summed E-state index contributed by atoms with van der Waals surface area (Å²) in [6, 6.07) is 3.03. The first kappa shape index (κ1) is 21.8. The van der Waals surface area contributed by atoms with Gasteiger partial charge in [0, 0.05) is 19.6 Å². The number of nitrogens with one attached hydrogen (secondary N) is 2. The summed E-state index contributed by atoms with van der Waals surface area (Å²) in [7, 11) is -3.79. The zero-order valence-electron chi connectivity index (χ0n) is 16.4. The van der Waals surface area contributed by atoms with Gasteiger partial charge in [0.2, 0.25) is 10.0 Å². The topological polar surface area (TPSA) is 122 Å². The van der Waals surface area contributed by atoms with Crippen LogP contribution in [0.15, 0.2) is 17.0 Å². The lowest BCUT2D eigenvalue weighted by molar-refractivity contribution is -0.157. The molecule has 1 aromatic carbocycles. The summed E-state index contributed by atoms with van der Waals surface area (Å²) in [5.41, 5.74) is 2.20. The molecule has 9 nitrogen and oxygen atoms in total. The van der Waals surface area contributed by atoms with Crippen LogP contribution in [0.2, 0.25) is 0 Å². The number of carbonyl (C=O) groups is 3. The van der Waals surface area contributed by atoms with E-state index in [2.05, 4.69) is 10.0 Å². The van der Waals surface area contributed by atoms with Crippen molar-refractivity contribution in [2.75, 3.05) is 19.6 Å². The zero-order chi connectivity index (χ0) is 21.1. The third-order valence-corrected chi connectivity index (χ3v) is 6.04. The first-order valence-electron chi connectivity index (χ1n) is 8.89. The van der Waals surface area contributed by atoms with E-state index in [-0.39, 0.29) is 24.4 Å². The van der Waals surface area contributed by atoms with Crippen LogP contribution < -0.4 is 10.0 Å². The lowest BCUT2D eigenvalue weighted by atomic mass is 10.1. The van der Waals surface area contributed by atoms with Crippen molar-refractivity contribution in [1.82, 2.24) is 14.9 Å². The number of hydrogen-bond donors (Lipinski definition) is 2. The third kappa shape index (κ3) is 5.08. The Kier molecular flexibility index (Phi) is 6.78. The van der Waals surface area contributed by atoms with Crippen molar-refractivity contribution in [3.8, 4) is 0 Å². The minimum absolute atomic E-state index is 0.168. The molecule has 1 aromatic rings. The van der Waals surface area contributed by atoms with E-state index in [9.17, 15) is 22.8 Å². The van der Waals surface area contributed by atoms with E-state index in [1.807, 2.05) is 6.92 Å². The Balaban J connectivity index is 1.89. The number of sulfonamides is 1. The van der Waals surface area contributed by atoms with Crippen LogP contribution in [0.3, 0.4) is 0 Å². The van der Waals surface area contributed by atoms with Gasteiger partial charge in [-0.05, 0) is 38.8 Å². The average molecular weight is 411 g/mol. The van der Waals surface area contributed by atoms with Crippen molar-refractivity contribution in [2.24, 2.45) is 0 Å². The van der Waals surface area contributed by atoms with Gasteiger partial charge in [-0.15, -0.1) is 0 Å². The van der Waals surface area contributed by atoms with Crippen molar-refractivity contribution in [3.63, 3.8) is 0 Å².